The van der Waals surface area contributed by atoms with Gasteiger partial charge in [-0.25, -0.2) is 0 Å². The van der Waals surface area contributed by atoms with Crippen LogP contribution >= 0.6 is 0 Å². The molecule has 0 aliphatic heterocycles. The van der Waals surface area contributed by atoms with Gasteiger partial charge in [-0.05, 0) is 18.4 Å². The van der Waals surface area contributed by atoms with E-state index in [2.05, 4.69) is 39.5 Å². The van der Waals surface area contributed by atoms with Crippen LogP contribution in [0.2, 0.25) is 0 Å². The molecule has 0 bridgehead atoms. The Morgan fingerprint density at radius 1 is 1.15 bits per heavy atom. The fourth-order valence-corrected chi connectivity index (χ4v) is 1.37. The minimum atomic E-state index is -0.668. The lowest BCUT2D eigenvalue weighted by molar-refractivity contribution is 0.0484. The monoisotopic (exact) mass is 187 g/mol. The minimum absolute atomic E-state index is 0.270. The molecule has 80 valence electrons. The summed E-state index contributed by atoms with van der Waals surface area (Å²) < 4.78 is 0. The molecule has 4 N–H and O–H groups in total. The second-order valence-corrected chi connectivity index (χ2v) is 4.47. The van der Waals surface area contributed by atoms with E-state index < -0.39 is 5.79 Å². The molecule has 0 saturated heterocycles. The maximum absolute atomic E-state index is 6.07. The average Bonchev–Trinajstić information content (AvgIpc) is 1.99. The predicted octanol–water partition coefficient (Wildman–Crippen LogP) is 1.19. The van der Waals surface area contributed by atoms with Gasteiger partial charge >= 0.3 is 0 Å². The topological polar surface area (TPSA) is 55.3 Å². The zero-order valence-electron chi connectivity index (χ0n) is 9.67. The molecule has 0 amide bonds. The molecule has 0 fully saturated rings. The summed E-state index contributed by atoms with van der Waals surface area (Å²) in [6.07, 6.45) is 0. The van der Waals surface area contributed by atoms with Gasteiger partial charge in [0.25, 0.3) is 0 Å². The van der Waals surface area contributed by atoms with Crippen molar-refractivity contribution in [3.8, 4) is 0 Å². The first-order valence-corrected chi connectivity index (χ1v) is 5.15. The van der Waals surface area contributed by atoms with Gasteiger partial charge < -0.3 is 11.5 Å². The molecule has 13 heavy (non-hydrogen) atoms. The Morgan fingerprint density at radius 3 is 1.85 bits per heavy atom. The van der Waals surface area contributed by atoms with E-state index in [9.17, 15) is 0 Å². The molecule has 0 aromatic rings. The molecular weight excluding hydrogens is 162 g/mol. The molecule has 0 heterocycles. The lowest BCUT2D eigenvalue weighted by Crippen LogP contribution is -2.66. The Kier molecular flexibility index (Phi) is 4.89. The molecule has 0 saturated carbocycles. The van der Waals surface area contributed by atoms with Crippen LogP contribution in [0.4, 0.5) is 0 Å². The van der Waals surface area contributed by atoms with E-state index >= 15 is 0 Å². The largest absolute Gasteiger partial charge is 0.301 e. The summed E-state index contributed by atoms with van der Waals surface area (Å²) in [6.45, 7) is 12.4. The van der Waals surface area contributed by atoms with Crippen LogP contribution in [-0.2, 0) is 0 Å². The van der Waals surface area contributed by atoms with Crippen LogP contribution in [0.5, 0.6) is 0 Å². The van der Waals surface area contributed by atoms with Crippen LogP contribution in [0.1, 0.15) is 34.6 Å². The van der Waals surface area contributed by atoms with Crippen molar-refractivity contribution in [1.82, 2.24) is 4.90 Å². The predicted molar refractivity (Wildman–Crippen MR) is 58.0 cm³/mol. The van der Waals surface area contributed by atoms with Crippen LogP contribution in [-0.4, -0.2) is 23.8 Å². The maximum Gasteiger partial charge on any atom is 0.123 e. The summed E-state index contributed by atoms with van der Waals surface area (Å²) in [6, 6.07) is 0. The van der Waals surface area contributed by atoms with Crippen molar-refractivity contribution in [3.05, 3.63) is 0 Å². The molecule has 0 unspecified atom stereocenters. The zero-order chi connectivity index (χ0) is 10.6. The number of rotatable bonds is 5. The highest BCUT2D eigenvalue weighted by atomic mass is 15.4. The Bertz CT molecular complexity index is 141. The Hall–Kier alpha value is -0.120. The lowest BCUT2D eigenvalue weighted by Gasteiger charge is -2.41. The molecule has 3 heteroatoms. The van der Waals surface area contributed by atoms with Gasteiger partial charge in [-0.15, -0.1) is 0 Å². The fraction of sp³-hybridized carbons (Fsp3) is 1.00. The van der Waals surface area contributed by atoms with Crippen LogP contribution in [0.25, 0.3) is 0 Å². The summed E-state index contributed by atoms with van der Waals surface area (Å²) >= 11 is 0. The van der Waals surface area contributed by atoms with Crippen molar-refractivity contribution in [2.75, 3.05) is 13.1 Å². The van der Waals surface area contributed by atoms with Gasteiger partial charge in [0, 0.05) is 6.54 Å². The first kappa shape index (κ1) is 12.9. The van der Waals surface area contributed by atoms with E-state index in [-0.39, 0.29) is 5.92 Å². The number of hydrogen-bond acceptors (Lipinski definition) is 3. The lowest BCUT2D eigenvalue weighted by atomic mass is 10.0. The SMILES string of the molecule is CCN(CC(C)C)C(N)(N)C(C)C. The molecular formula is C10H25N3. The van der Waals surface area contributed by atoms with Gasteiger partial charge in [-0.2, -0.15) is 0 Å². The molecule has 0 spiro atoms. The van der Waals surface area contributed by atoms with Crippen molar-refractivity contribution in [2.45, 2.75) is 40.4 Å². The van der Waals surface area contributed by atoms with Crippen LogP contribution < -0.4 is 11.5 Å². The second kappa shape index (κ2) is 4.94. The highest BCUT2D eigenvalue weighted by molar-refractivity contribution is 4.81. The van der Waals surface area contributed by atoms with Crippen molar-refractivity contribution >= 4 is 0 Å². The van der Waals surface area contributed by atoms with Gasteiger partial charge in [0.15, 0.2) is 0 Å². The van der Waals surface area contributed by atoms with Gasteiger partial charge in [0.2, 0.25) is 0 Å². The number of nitrogens with two attached hydrogens (primary N) is 2. The van der Waals surface area contributed by atoms with Crippen LogP contribution in [0.3, 0.4) is 0 Å². The number of hydrogen-bond donors (Lipinski definition) is 2. The molecule has 0 atom stereocenters. The third kappa shape index (κ3) is 3.63. The van der Waals surface area contributed by atoms with Gasteiger partial charge in [0.1, 0.15) is 5.79 Å². The molecule has 0 aromatic carbocycles. The van der Waals surface area contributed by atoms with E-state index in [4.69, 9.17) is 11.5 Å². The Balaban J connectivity index is 4.37. The fourth-order valence-electron chi connectivity index (χ4n) is 1.37. The van der Waals surface area contributed by atoms with E-state index in [1.54, 1.807) is 0 Å². The van der Waals surface area contributed by atoms with Gasteiger partial charge in [-0.1, -0.05) is 34.6 Å². The zero-order valence-corrected chi connectivity index (χ0v) is 9.67. The van der Waals surface area contributed by atoms with E-state index in [1.807, 2.05) is 0 Å². The van der Waals surface area contributed by atoms with Crippen molar-refractivity contribution in [1.29, 1.82) is 0 Å². The minimum Gasteiger partial charge on any atom is -0.301 e. The molecule has 0 rings (SSSR count). The first-order chi connectivity index (χ1) is 5.82. The maximum atomic E-state index is 6.07. The smallest absolute Gasteiger partial charge is 0.123 e. The standard InChI is InChI=1S/C10H25N3/c1-6-13(7-8(2)3)10(11,12)9(4)5/h8-9H,6-7,11-12H2,1-5H3. The summed E-state index contributed by atoms with van der Waals surface area (Å²) in [5.74, 6) is 0.204. The molecule has 0 aliphatic rings. The summed E-state index contributed by atoms with van der Waals surface area (Å²) in [4.78, 5) is 2.14. The Labute approximate surface area is 82.5 Å². The normalized spacial score (nSPS) is 13.4. The third-order valence-corrected chi connectivity index (χ3v) is 2.44. The number of nitrogens with zero attached hydrogens (tertiary/aromatic N) is 1. The van der Waals surface area contributed by atoms with Crippen molar-refractivity contribution in [3.63, 3.8) is 0 Å². The van der Waals surface area contributed by atoms with Crippen LogP contribution in [0.15, 0.2) is 0 Å². The van der Waals surface area contributed by atoms with Crippen LogP contribution in [0, 0.1) is 11.8 Å². The summed E-state index contributed by atoms with van der Waals surface area (Å²) in [5.41, 5.74) is 12.1. The molecule has 3 nitrogen and oxygen atoms in total. The Morgan fingerprint density at radius 2 is 1.62 bits per heavy atom. The highest BCUT2D eigenvalue weighted by Crippen LogP contribution is 2.14. The van der Waals surface area contributed by atoms with E-state index in [1.165, 1.54) is 0 Å². The summed E-state index contributed by atoms with van der Waals surface area (Å²) in [7, 11) is 0. The van der Waals surface area contributed by atoms with Crippen molar-refractivity contribution in [2.24, 2.45) is 23.3 Å². The van der Waals surface area contributed by atoms with Crippen molar-refractivity contribution < 1.29 is 0 Å². The van der Waals surface area contributed by atoms with E-state index in [0.717, 1.165) is 13.1 Å². The summed E-state index contributed by atoms with van der Waals surface area (Å²) in [5, 5.41) is 0. The molecule has 0 radical (unpaired) electrons. The van der Waals surface area contributed by atoms with E-state index in [0.29, 0.717) is 5.92 Å². The van der Waals surface area contributed by atoms with Gasteiger partial charge in [-0.3, -0.25) is 4.90 Å². The highest BCUT2D eigenvalue weighted by Gasteiger charge is 2.30. The quantitative estimate of drug-likeness (QED) is 0.636. The first-order valence-electron chi connectivity index (χ1n) is 5.15. The third-order valence-electron chi connectivity index (χ3n) is 2.44. The average molecular weight is 187 g/mol. The van der Waals surface area contributed by atoms with Gasteiger partial charge in [0.05, 0.1) is 0 Å². The molecule has 0 aliphatic carbocycles. The molecule has 0 aromatic heterocycles. The second-order valence-electron chi connectivity index (χ2n) is 4.47.